The van der Waals surface area contributed by atoms with Crippen LogP contribution >= 0.6 is 0 Å². The highest BCUT2D eigenvalue weighted by molar-refractivity contribution is 5.76. The number of unbranched alkanes of at least 4 members (excludes halogenated alkanes) is 45. The van der Waals surface area contributed by atoms with Gasteiger partial charge in [0, 0.05) is 6.42 Å². The summed E-state index contributed by atoms with van der Waals surface area (Å²) in [6.45, 7) is 4.40. The van der Waals surface area contributed by atoms with Gasteiger partial charge in [0.2, 0.25) is 5.91 Å². The molecule has 0 spiro atoms. The number of nitrogens with one attached hydrogen (secondary N) is 1. The van der Waals surface area contributed by atoms with Gasteiger partial charge in [0.05, 0.1) is 18.8 Å². The Hall–Kier alpha value is -0.870. The first-order valence-corrected chi connectivity index (χ1v) is 28.9. The van der Waals surface area contributed by atoms with E-state index in [1.165, 1.54) is 283 Å². The fourth-order valence-corrected chi connectivity index (χ4v) is 9.36. The lowest BCUT2D eigenvalue weighted by molar-refractivity contribution is -0.123. The van der Waals surface area contributed by atoms with E-state index in [1.54, 1.807) is 0 Å². The first-order chi connectivity index (χ1) is 30.7. The number of rotatable bonds is 54. The van der Waals surface area contributed by atoms with Crippen LogP contribution in [0.2, 0.25) is 0 Å². The molecule has 62 heavy (non-hydrogen) atoms. The van der Waals surface area contributed by atoms with Crippen molar-refractivity contribution in [2.75, 3.05) is 6.61 Å². The molecular weight excluding hydrogens is 759 g/mol. The zero-order valence-corrected chi connectivity index (χ0v) is 42.7. The fraction of sp³-hybridized carbons (Fsp3) is 0.948. The Kier molecular flexibility index (Phi) is 53.7. The van der Waals surface area contributed by atoms with E-state index in [4.69, 9.17) is 0 Å². The van der Waals surface area contributed by atoms with E-state index in [0.29, 0.717) is 12.8 Å². The lowest BCUT2D eigenvalue weighted by Gasteiger charge is -2.22. The van der Waals surface area contributed by atoms with Crippen molar-refractivity contribution in [3.05, 3.63) is 12.2 Å². The zero-order valence-electron chi connectivity index (χ0n) is 42.7. The van der Waals surface area contributed by atoms with Crippen LogP contribution in [-0.4, -0.2) is 34.9 Å². The summed E-state index contributed by atoms with van der Waals surface area (Å²) in [5, 5.41) is 23.3. The van der Waals surface area contributed by atoms with Gasteiger partial charge < -0.3 is 15.5 Å². The first kappa shape index (κ1) is 61.1. The van der Waals surface area contributed by atoms with Gasteiger partial charge in [0.25, 0.3) is 0 Å². The Morgan fingerprint density at radius 1 is 0.371 bits per heavy atom. The second-order valence-corrected chi connectivity index (χ2v) is 20.1. The van der Waals surface area contributed by atoms with Crippen LogP contribution in [0, 0.1) is 0 Å². The number of aliphatic hydroxyl groups excluding tert-OH is 2. The van der Waals surface area contributed by atoms with Gasteiger partial charge in [-0.3, -0.25) is 4.79 Å². The molecule has 2 atom stereocenters. The highest BCUT2D eigenvalue weighted by Crippen LogP contribution is 2.18. The van der Waals surface area contributed by atoms with Crippen LogP contribution in [0.1, 0.15) is 335 Å². The minimum Gasteiger partial charge on any atom is -0.394 e. The van der Waals surface area contributed by atoms with Gasteiger partial charge in [-0.25, -0.2) is 0 Å². The molecule has 370 valence electrons. The summed E-state index contributed by atoms with van der Waals surface area (Å²) in [7, 11) is 0. The summed E-state index contributed by atoms with van der Waals surface area (Å²) in [5.74, 6) is -0.0234. The van der Waals surface area contributed by atoms with Gasteiger partial charge in [0.1, 0.15) is 0 Å². The predicted molar refractivity (Wildman–Crippen MR) is 276 cm³/mol. The van der Waals surface area contributed by atoms with Gasteiger partial charge in [-0.15, -0.1) is 0 Å². The summed E-state index contributed by atoms with van der Waals surface area (Å²) in [6.07, 6.45) is 70.7. The van der Waals surface area contributed by atoms with Gasteiger partial charge in [-0.05, 0) is 38.5 Å². The van der Waals surface area contributed by atoms with E-state index >= 15 is 0 Å². The molecule has 0 aromatic heterocycles. The third kappa shape index (κ3) is 50.1. The minimum absolute atomic E-state index is 0.0234. The second kappa shape index (κ2) is 54.5. The summed E-state index contributed by atoms with van der Waals surface area (Å²) in [6, 6.07) is -0.533. The van der Waals surface area contributed by atoms with Gasteiger partial charge in [0.15, 0.2) is 0 Å². The van der Waals surface area contributed by atoms with Crippen LogP contribution in [0.15, 0.2) is 12.2 Å². The first-order valence-electron chi connectivity index (χ1n) is 28.9. The van der Waals surface area contributed by atoms with E-state index in [1.807, 2.05) is 0 Å². The Bertz CT molecular complexity index is 860. The molecule has 3 N–H and O–H groups in total. The largest absolute Gasteiger partial charge is 0.394 e. The maximum absolute atomic E-state index is 12.5. The minimum atomic E-state index is -0.656. The van der Waals surface area contributed by atoms with Crippen molar-refractivity contribution in [3.63, 3.8) is 0 Å². The topological polar surface area (TPSA) is 69.6 Å². The molecule has 0 saturated heterocycles. The fourth-order valence-electron chi connectivity index (χ4n) is 9.36. The van der Waals surface area contributed by atoms with Crippen molar-refractivity contribution in [3.8, 4) is 0 Å². The molecule has 0 fully saturated rings. The molecule has 4 nitrogen and oxygen atoms in total. The maximum atomic E-state index is 12.5. The molecule has 4 heteroatoms. The maximum Gasteiger partial charge on any atom is 0.220 e. The van der Waals surface area contributed by atoms with Crippen LogP contribution in [0.4, 0.5) is 0 Å². The van der Waals surface area contributed by atoms with Gasteiger partial charge in [-0.2, -0.15) is 0 Å². The molecule has 0 bridgehead atoms. The Morgan fingerprint density at radius 3 is 0.887 bits per heavy atom. The molecule has 1 amide bonds. The Labute approximate surface area is 390 Å². The monoisotopic (exact) mass is 874 g/mol. The Morgan fingerprint density at radius 2 is 0.613 bits per heavy atom. The third-order valence-electron chi connectivity index (χ3n) is 13.8. The normalized spacial score (nSPS) is 12.8. The molecule has 0 saturated carbocycles. The number of aliphatic hydroxyl groups is 2. The number of amides is 1. The smallest absolute Gasteiger partial charge is 0.220 e. The summed E-state index contributed by atoms with van der Waals surface area (Å²) in [4.78, 5) is 12.5. The molecule has 0 aromatic carbocycles. The van der Waals surface area contributed by atoms with Crippen molar-refractivity contribution in [2.24, 2.45) is 0 Å². The number of carbonyl (C=O) groups excluding carboxylic acids is 1. The average Bonchev–Trinajstić information content (AvgIpc) is 3.28. The lowest BCUT2D eigenvalue weighted by Crippen LogP contribution is -2.45. The van der Waals surface area contributed by atoms with Crippen molar-refractivity contribution in [1.82, 2.24) is 5.32 Å². The van der Waals surface area contributed by atoms with E-state index in [2.05, 4.69) is 31.3 Å². The number of hydrogen-bond acceptors (Lipinski definition) is 3. The highest BCUT2D eigenvalue weighted by atomic mass is 16.3. The number of allylic oxidation sites excluding steroid dienone is 2. The molecule has 0 aliphatic heterocycles. The van der Waals surface area contributed by atoms with Gasteiger partial charge in [-0.1, -0.05) is 302 Å². The molecule has 0 rings (SSSR count). The standard InChI is InChI=1S/C58H115NO3/c1-3-5-7-9-11-13-15-17-19-21-23-24-25-26-27-28-29-30-31-32-33-34-36-38-40-42-44-46-48-50-52-54-58(62)59-56(55-60)57(61)53-51-49-47-45-43-41-39-37-35-22-20-18-16-14-12-10-8-6-4-2/h21,23,56-57,60-61H,3-20,22,24-55H2,1-2H3,(H,59,62)/b23-21-. The molecule has 0 aromatic rings. The third-order valence-corrected chi connectivity index (χ3v) is 13.8. The summed E-state index contributed by atoms with van der Waals surface area (Å²) in [5.41, 5.74) is 0. The molecule has 0 aliphatic carbocycles. The molecular formula is C58H115NO3. The van der Waals surface area contributed by atoms with Crippen molar-refractivity contribution >= 4 is 5.91 Å². The SMILES string of the molecule is CCCCCCCCCC/C=C\CCCCCCCCCCCCCCCCCCCCCC(=O)NC(CO)C(O)CCCCCCCCCCCCCCCCCCCCC. The molecule has 0 aliphatic rings. The van der Waals surface area contributed by atoms with E-state index < -0.39 is 12.1 Å². The average molecular weight is 875 g/mol. The molecule has 0 radical (unpaired) electrons. The zero-order chi connectivity index (χ0) is 44.9. The molecule has 0 heterocycles. The van der Waals surface area contributed by atoms with Gasteiger partial charge >= 0.3 is 0 Å². The predicted octanol–water partition coefficient (Wildman–Crippen LogP) is 18.9. The number of hydrogen-bond donors (Lipinski definition) is 3. The van der Waals surface area contributed by atoms with Crippen LogP contribution in [-0.2, 0) is 4.79 Å². The number of carbonyl (C=O) groups is 1. The summed E-state index contributed by atoms with van der Waals surface area (Å²) >= 11 is 0. The van der Waals surface area contributed by atoms with Crippen LogP contribution in [0.25, 0.3) is 0 Å². The van der Waals surface area contributed by atoms with Crippen LogP contribution in [0.5, 0.6) is 0 Å². The van der Waals surface area contributed by atoms with Crippen LogP contribution < -0.4 is 5.32 Å². The van der Waals surface area contributed by atoms with E-state index in [-0.39, 0.29) is 12.5 Å². The Balaban J connectivity index is 3.39. The quantitative estimate of drug-likeness (QED) is 0.0421. The van der Waals surface area contributed by atoms with E-state index in [0.717, 1.165) is 25.7 Å². The van der Waals surface area contributed by atoms with Crippen molar-refractivity contribution in [2.45, 2.75) is 347 Å². The second-order valence-electron chi connectivity index (χ2n) is 20.1. The van der Waals surface area contributed by atoms with Crippen molar-refractivity contribution < 1.29 is 15.0 Å². The molecule has 2 unspecified atom stereocenters. The lowest BCUT2D eigenvalue weighted by atomic mass is 10.0. The van der Waals surface area contributed by atoms with E-state index in [9.17, 15) is 15.0 Å². The van der Waals surface area contributed by atoms with Crippen LogP contribution in [0.3, 0.4) is 0 Å². The summed E-state index contributed by atoms with van der Waals surface area (Å²) < 4.78 is 0. The van der Waals surface area contributed by atoms with Crippen molar-refractivity contribution in [1.29, 1.82) is 0 Å². The highest BCUT2D eigenvalue weighted by Gasteiger charge is 2.20.